The number of nitrogens with zero attached hydrogens (tertiary/aromatic N) is 5. The van der Waals surface area contributed by atoms with Crippen molar-refractivity contribution in [3.05, 3.63) is 35.3 Å². The molecule has 2 heterocycles. The topological polar surface area (TPSA) is 85.6 Å². The molecule has 0 unspecified atom stereocenters. The number of carbonyl (C=O) groups excluding carboxylic acids is 1. The van der Waals surface area contributed by atoms with Crippen LogP contribution in [0.5, 0.6) is 0 Å². The van der Waals surface area contributed by atoms with E-state index in [1.807, 2.05) is 48.9 Å². The molecule has 0 aliphatic heterocycles. The van der Waals surface area contributed by atoms with Gasteiger partial charge in [0, 0.05) is 12.6 Å². The lowest BCUT2D eigenvalue weighted by Gasteiger charge is -2.03. The summed E-state index contributed by atoms with van der Waals surface area (Å²) in [5.41, 5.74) is 0.989. The minimum absolute atomic E-state index is 0.143. The summed E-state index contributed by atoms with van der Waals surface area (Å²) in [7, 11) is 1.89. The van der Waals surface area contributed by atoms with Gasteiger partial charge in [-0.3, -0.25) is 10.1 Å². The molecule has 9 heteroatoms. The summed E-state index contributed by atoms with van der Waals surface area (Å²) in [6, 6.07) is 9.81. The van der Waals surface area contributed by atoms with E-state index in [1.165, 1.54) is 23.1 Å². The van der Waals surface area contributed by atoms with Crippen LogP contribution in [0.3, 0.4) is 0 Å². The lowest BCUT2D eigenvalue weighted by molar-refractivity contribution is -0.113. The van der Waals surface area contributed by atoms with E-state index < -0.39 is 0 Å². The number of carbonyl (C=O) groups is 1. The monoisotopic (exact) mass is 346 g/mol. The van der Waals surface area contributed by atoms with Gasteiger partial charge in [-0.25, -0.2) is 0 Å². The molecule has 0 atom stereocenters. The number of thioether (sulfide) groups is 1. The quantitative estimate of drug-likeness (QED) is 0.714. The average molecular weight is 346 g/mol. The van der Waals surface area contributed by atoms with Crippen molar-refractivity contribution in [3.8, 4) is 11.4 Å². The fourth-order valence-corrected chi connectivity index (χ4v) is 3.23. The lowest BCUT2D eigenvalue weighted by Crippen LogP contribution is -2.14. The van der Waals surface area contributed by atoms with E-state index in [1.54, 1.807) is 0 Å². The number of aromatic nitrogens is 5. The molecule has 2 aromatic heterocycles. The van der Waals surface area contributed by atoms with Gasteiger partial charge in [-0.1, -0.05) is 53.4 Å². The molecule has 0 radical (unpaired) electrons. The van der Waals surface area contributed by atoms with Crippen LogP contribution in [0.15, 0.2) is 35.5 Å². The number of hydrogen-bond donors (Lipinski definition) is 1. The molecule has 0 spiro atoms. The standard InChI is InChI=1S/C14H14N6OS2/c1-9-16-18-13(23-9)15-11(21)8-22-14-19-17-12(20(14)2)10-6-4-3-5-7-10/h3-7H,8H2,1-2H3,(H,15,18,21). The fraction of sp³-hybridized carbons (Fsp3) is 0.214. The van der Waals surface area contributed by atoms with Gasteiger partial charge in [0.25, 0.3) is 0 Å². The van der Waals surface area contributed by atoms with Crippen LogP contribution in [0.4, 0.5) is 5.13 Å². The summed E-state index contributed by atoms with van der Waals surface area (Å²) in [4.78, 5) is 11.9. The summed E-state index contributed by atoms with van der Waals surface area (Å²) in [5.74, 6) is 0.864. The van der Waals surface area contributed by atoms with Crippen molar-refractivity contribution in [1.29, 1.82) is 0 Å². The van der Waals surface area contributed by atoms with E-state index >= 15 is 0 Å². The molecule has 1 amide bonds. The molecular weight excluding hydrogens is 332 g/mol. The minimum atomic E-state index is -0.143. The van der Waals surface area contributed by atoms with Gasteiger partial charge in [-0.15, -0.1) is 20.4 Å². The SMILES string of the molecule is Cc1nnc(NC(=O)CSc2nnc(-c3ccccc3)n2C)s1. The molecule has 118 valence electrons. The average Bonchev–Trinajstić information content (AvgIpc) is 3.12. The highest BCUT2D eigenvalue weighted by Gasteiger charge is 2.13. The van der Waals surface area contributed by atoms with Gasteiger partial charge in [-0.05, 0) is 6.92 Å². The van der Waals surface area contributed by atoms with Crippen molar-refractivity contribution in [3.63, 3.8) is 0 Å². The van der Waals surface area contributed by atoms with E-state index in [0.717, 1.165) is 16.4 Å². The van der Waals surface area contributed by atoms with E-state index in [4.69, 9.17) is 0 Å². The number of rotatable bonds is 5. The van der Waals surface area contributed by atoms with Gasteiger partial charge in [0.15, 0.2) is 11.0 Å². The molecular formula is C14H14N6OS2. The maximum absolute atomic E-state index is 11.9. The number of nitrogens with one attached hydrogen (secondary N) is 1. The number of amides is 1. The van der Waals surface area contributed by atoms with Crippen LogP contribution in [0.25, 0.3) is 11.4 Å². The smallest absolute Gasteiger partial charge is 0.236 e. The minimum Gasteiger partial charge on any atom is -0.305 e. The highest BCUT2D eigenvalue weighted by Crippen LogP contribution is 2.22. The van der Waals surface area contributed by atoms with Crippen molar-refractivity contribution < 1.29 is 4.79 Å². The molecule has 0 aliphatic rings. The zero-order valence-electron chi connectivity index (χ0n) is 12.6. The number of hydrogen-bond acceptors (Lipinski definition) is 7. The predicted octanol–water partition coefficient (Wildman–Crippen LogP) is 2.37. The molecule has 1 aromatic carbocycles. The highest BCUT2D eigenvalue weighted by atomic mass is 32.2. The predicted molar refractivity (Wildman–Crippen MR) is 90.4 cm³/mol. The lowest BCUT2D eigenvalue weighted by atomic mass is 10.2. The van der Waals surface area contributed by atoms with Crippen LogP contribution < -0.4 is 5.32 Å². The van der Waals surface area contributed by atoms with Gasteiger partial charge in [0.05, 0.1) is 5.75 Å². The van der Waals surface area contributed by atoms with Crippen molar-refractivity contribution in [1.82, 2.24) is 25.0 Å². The van der Waals surface area contributed by atoms with Crippen LogP contribution in [0, 0.1) is 6.92 Å². The first-order valence-electron chi connectivity index (χ1n) is 6.81. The Hall–Kier alpha value is -2.26. The van der Waals surface area contributed by atoms with Crippen molar-refractivity contribution in [2.45, 2.75) is 12.1 Å². The largest absolute Gasteiger partial charge is 0.305 e. The first kappa shape index (κ1) is 15.6. The Morgan fingerprint density at radius 2 is 2.00 bits per heavy atom. The van der Waals surface area contributed by atoms with E-state index in [2.05, 4.69) is 25.7 Å². The van der Waals surface area contributed by atoms with Crippen LogP contribution in [-0.2, 0) is 11.8 Å². The zero-order chi connectivity index (χ0) is 16.2. The van der Waals surface area contributed by atoms with E-state index in [9.17, 15) is 4.79 Å². The molecule has 23 heavy (non-hydrogen) atoms. The van der Waals surface area contributed by atoms with Gasteiger partial charge in [0.1, 0.15) is 5.01 Å². The molecule has 3 rings (SSSR count). The van der Waals surface area contributed by atoms with Gasteiger partial charge >= 0.3 is 0 Å². The summed E-state index contributed by atoms with van der Waals surface area (Å²) < 4.78 is 1.88. The second-order valence-corrected chi connectivity index (χ2v) is 6.82. The Morgan fingerprint density at radius 3 is 2.70 bits per heavy atom. The molecule has 0 aliphatic carbocycles. The summed E-state index contributed by atoms with van der Waals surface area (Å²) in [5, 5.41) is 20.8. The van der Waals surface area contributed by atoms with Gasteiger partial charge < -0.3 is 4.57 Å². The molecule has 1 N–H and O–H groups in total. The van der Waals surface area contributed by atoms with Crippen LogP contribution in [0.2, 0.25) is 0 Å². The van der Waals surface area contributed by atoms with Crippen LogP contribution >= 0.6 is 23.1 Å². The number of benzene rings is 1. The number of anilines is 1. The summed E-state index contributed by atoms with van der Waals surface area (Å²) in [6.45, 7) is 1.84. The van der Waals surface area contributed by atoms with E-state index in [0.29, 0.717) is 10.3 Å². The second kappa shape index (κ2) is 6.88. The van der Waals surface area contributed by atoms with Gasteiger partial charge in [0.2, 0.25) is 11.0 Å². The number of aryl methyl sites for hydroxylation is 1. The van der Waals surface area contributed by atoms with Crippen molar-refractivity contribution >= 4 is 34.1 Å². The third-order valence-corrected chi connectivity index (χ3v) is 4.75. The maximum Gasteiger partial charge on any atom is 0.236 e. The van der Waals surface area contributed by atoms with E-state index in [-0.39, 0.29) is 11.7 Å². The normalized spacial score (nSPS) is 10.7. The Kier molecular flexibility index (Phi) is 4.68. The maximum atomic E-state index is 11.9. The molecule has 0 bridgehead atoms. The van der Waals surface area contributed by atoms with Crippen LogP contribution in [0.1, 0.15) is 5.01 Å². The second-order valence-electron chi connectivity index (χ2n) is 4.69. The Labute approximate surface area is 141 Å². The zero-order valence-corrected chi connectivity index (χ0v) is 14.2. The third-order valence-electron chi connectivity index (χ3n) is 2.97. The summed E-state index contributed by atoms with van der Waals surface area (Å²) in [6.07, 6.45) is 0. The Balaban J connectivity index is 1.63. The van der Waals surface area contributed by atoms with Crippen molar-refractivity contribution in [2.24, 2.45) is 7.05 Å². The summed E-state index contributed by atoms with van der Waals surface area (Å²) >= 11 is 2.68. The first-order valence-corrected chi connectivity index (χ1v) is 8.61. The molecule has 3 aromatic rings. The first-order chi connectivity index (χ1) is 11.1. The molecule has 0 saturated heterocycles. The Bertz CT molecular complexity index is 814. The highest BCUT2D eigenvalue weighted by molar-refractivity contribution is 7.99. The van der Waals surface area contributed by atoms with Crippen molar-refractivity contribution in [2.75, 3.05) is 11.1 Å². The molecule has 0 saturated carbocycles. The Morgan fingerprint density at radius 1 is 1.22 bits per heavy atom. The fourth-order valence-electron chi connectivity index (χ4n) is 1.91. The van der Waals surface area contributed by atoms with Gasteiger partial charge in [-0.2, -0.15) is 0 Å². The molecule has 0 fully saturated rings. The van der Waals surface area contributed by atoms with Crippen LogP contribution in [-0.4, -0.2) is 36.6 Å². The third kappa shape index (κ3) is 3.74. The molecule has 7 nitrogen and oxygen atoms in total.